The van der Waals surface area contributed by atoms with Crippen molar-refractivity contribution in [2.75, 3.05) is 19.8 Å². The molecule has 0 bridgehead atoms. The molecule has 0 saturated carbocycles. The van der Waals surface area contributed by atoms with Gasteiger partial charge in [0.15, 0.2) is 5.60 Å². The Morgan fingerprint density at radius 3 is 2.88 bits per heavy atom. The Hall–Kier alpha value is -2.33. The summed E-state index contributed by atoms with van der Waals surface area (Å²) >= 11 is 0. The van der Waals surface area contributed by atoms with Crippen molar-refractivity contribution in [3.05, 3.63) is 29.8 Å². The Morgan fingerprint density at radius 1 is 1.42 bits per heavy atom. The zero-order valence-corrected chi connectivity index (χ0v) is 13.5. The summed E-state index contributed by atoms with van der Waals surface area (Å²) in [5, 5.41) is 13.0. The lowest BCUT2D eigenvalue weighted by Gasteiger charge is -2.18. The number of halogens is 3. The van der Waals surface area contributed by atoms with E-state index in [1.165, 1.54) is 12.1 Å². The van der Waals surface area contributed by atoms with Crippen LogP contribution in [0.25, 0.3) is 0 Å². The lowest BCUT2D eigenvalue weighted by atomic mass is 9.93. The van der Waals surface area contributed by atoms with E-state index < -0.39 is 30.6 Å². The molecule has 142 valence electrons. The molecule has 1 fully saturated rings. The zero-order chi connectivity index (χ0) is 18.8. The van der Waals surface area contributed by atoms with Crippen molar-refractivity contribution in [1.29, 1.82) is 0 Å². The Labute approximate surface area is 146 Å². The Balaban J connectivity index is 1.67. The molecule has 1 spiro atoms. The van der Waals surface area contributed by atoms with E-state index in [0.29, 0.717) is 37.3 Å². The first kappa shape index (κ1) is 18.5. The van der Waals surface area contributed by atoms with Crippen LogP contribution < -0.4 is 4.74 Å². The predicted octanol–water partition coefficient (Wildman–Crippen LogP) is 2.34. The van der Waals surface area contributed by atoms with Crippen LogP contribution in [0.4, 0.5) is 13.2 Å². The van der Waals surface area contributed by atoms with Gasteiger partial charge in [0, 0.05) is 18.4 Å². The van der Waals surface area contributed by atoms with Gasteiger partial charge in [0.1, 0.15) is 12.4 Å². The highest BCUT2D eigenvalue weighted by atomic mass is 19.4. The van der Waals surface area contributed by atoms with E-state index in [9.17, 15) is 18.0 Å². The molecule has 26 heavy (non-hydrogen) atoms. The fourth-order valence-corrected chi connectivity index (χ4v) is 2.67. The molecule has 2 unspecified atom stereocenters. The second kappa shape index (κ2) is 7.12. The Morgan fingerprint density at radius 2 is 2.23 bits per heavy atom. The topological polar surface area (TPSA) is 86.6 Å². The van der Waals surface area contributed by atoms with Crippen LogP contribution in [-0.4, -0.2) is 54.7 Å². The zero-order valence-electron chi connectivity index (χ0n) is 13.5. The number of oxime groups is 1. The van der Waals surface area contributed by atoms with Crippen LogP contribution in [-0.2, 0) is 19.1 Å². The molecular weight excluding hydrogens is 359 g/mol. The summed E-state index contributed by atoms with van der Waals surface area (Å²) < 4.78 is 51.3. The SMILES string of the molecule is O=C(O)C(OCC(F)(F)F)Oc1cccc(C2=NOC3(CCOC3)C2)c1. The van der Waals surface area contributed by atoms with E-state index in [2.05, 4.69) is 9.89 Å². The molecule has 10 heteroatoms. The monoisotopic (exact) mass is 375 g/mol. The van der Waals surface area contributed by atoms with Gasteiger partial charge in [0.25, 0.3) is 6.29 Å². The van der Waals surface area contributed by atoms with Gasteiger partial charge in [-0.3, -0.25) is 0 Å². The number of aliphatic carboxylic acids is 1. The first-order chi connectivity index (χ1) is 12.3. The molecule has 0 aromatic heterocycles. The minimum Gasteiger partial charge on any atom is -0.477 e. The van der Waals surface area contributed by atoms with Gasteiger partial charge in [0.05, 0.1) is 18.9 Å². The summed E-state index contributed by atoms with van der Waals surface area (Å²) in [6, 6.07) is 6.19. The van der Waals surface area contributed by atoms with Crippen LogP contribution >= 0.6 is 0 Å². The van der Waals surface area contributed by atoms with E-state index in [1.807, 2.05) is 0 Å². The van der Waals surface area contributed by atoms with E-state index in [1.54, 1.807) is 12.1 Å². The summed E-state index contributed by atoms with van der Waals surface area (Å²) in [6.07, 6.45) is -5.51. The Kier molecular flexibility index (Phi) is 5.05. The van der Waals surface area contributed by atoms with E-state index in [0.717, 1.165) is 0 Å². The highest BCUT2D eigenvalue weighted by Gasteiger charge is 2.43. The van der Waals surface area contributed by atoms with Crippen LogP contribution in [0, 0.1) is 0 Å². The highest BCUT2D eigenvalue weighted by molar-refractivity contribution is 6.02. The van der Waals surface area contributed by atoms with E-state index >= 15 is 0 Å². The van der Waals surface area contributed by atoms with Crippen LogP contribution in [0.5, 0.6) is 5.75 Å². The van der Waals surface area contributed by atoms with Crippen molar-refractivity contribution >= 4 is 11.7 Å². The lowest BCUT2D eigenvalue weighted by molar-refractivity contribution is -0.217. The Bertz CT molecular complexity index is 699. The number of carboxylic acids is 1. The second-order valence-electron chi connectivity index (χ2n) is 6.03. The van der Waals surface area contributed by atoms with Crippen molar-refractivity contribution in [2.24, 2.45) is 5.16 Å². The molecule has 0 radical (unpaired) electrons. The lowest BCUT2D eigenvalue weighted by Crippen LogP contribution is -2.34. The molecule has 1 aromatic carbocycles. The molecule has 7 nitrogen and oxygen atoms in total. The third-order valence-electron chi connectivity index (χ3n) is 3.92. The maximum Gasteiger partial charge on any atom is 0.411 e. The fraction of sp³-hybridized carbons (Fsp3) is 0.500. The number of rotatable bonds is 6. The van der Waals surface area contributed by atoms with E-state index in [4.69, 9.17) is 19.4 Å². The summed E-state index contributed by atoms with van der Waals surface area (Å²) in [7, 11) is 0. The van der Waals surface area contributed by atoms with Gasteiger partial charge in [-0.05, 0) is 12.1 Å². The largest absolute Gasteiger partial charge is 0.477 e. The van der Waals surface area contributed by atoms with Crippen molar-refractivity contribution in [1.82, 2.24) is 0 Å². The summed E-state index contributed by atoms with van der Waals surface area (Å²) in [5.41, 5.74) is 0.765. The van der Waals surface area contributed by atoms with Gasteiger partial charge < -0.3 is 24.2 Å². The molecule has 2 aliphatic heterocycles. The summed E-state index contributed by atoms with van der Waals surface area (Å²) in [6.45, 7) is -0.710. The van der Waals surface area contributed by atoms with Gasteiger partial charge in [-0.25, -0.2) is 4.79 Å². The molecular formula is C16H16F3NO6. The summed E-state index contributed by atoms with van der Waals surface area (Å²) in [4.78, 5) is 16.5. The maximum absolute atomic E-state index is 12.2. The average molecular weight is 375 g/mol. The third kappa shape index (κ3) is 4.44. The van der Waals surface area contributed by atoms with Gasteiger partial charge in [-0.2, -0.15) is 13.2 Å². The first-order valence-corrected chi connectivity index (χ1v) is 7.77. The second-order valence-corrected chi connectivity index (χ2v) is 6.03. The van der Waals surface area contributed by atoms with Crippen molar-refractivity contribution < 1.29 is 42.1 Å². The quantitative estimate of drug-likeness (QED) is 0.768. The van der Waals surface area contributed by atoms with Crippen LogP contribution in [0.15, 0.2) is 29.4 Å². The van der Waals surface area contributed by atoms with Gasteiger partial charge in [-0.1, -0.05) is 17.3 Å². The number of carbonyl (C=O) groups is 1. The van der Waals surface area contributed by atoms with Crippen molar-refractivity contribution in [3.63, 3.8) is 0 Å². The minimum absolute atomic E-state index is 0.0448. The predicted molar refractivity (Wildman–Crippen MR) is 80.9 cm³/mol. The fourth-order valence-electron chi connectivity index (χ4n) is 2.67. The molecule has 3 rings (SSSR count). The van der Waals surface area contributed by atoms with Gasteiger partial charge >= 0.3 is 12.1 Å². The number of alkyl halides is 3. The third-order valence-corrected chi connectivity index (χ3v) is 3.92. The van der Waals surface area contributed by atoms with Crippen LogP contribution in [0.2, 0.25) is 0 Å². The number of nitrogens with zero attached hydrogens (tertiary/aromatic N) is 1. The molecule has 2 heterocycles. The molecule has 2 atom stereocenters. The average Bonchev–Trinajstić information content (AvgIpc) is 3.21. The molecule has 0 aliphatic carbocycles. The first-order valence-electron chi connectivity index (χ1n) is 7.77. The van der Waals surface area contributed by atoms with Gasteiger partial charge in [0.2, 0.25) is 0 Å². The van der Waals surface area contributed by atoms with Gasteiger partial charge in [-0.15, -0.1) is 0 Å². The molecule has 1 aromatic rings. The van der Waals surface area contributed by atoms with E-state index in [-0.39, 0.29) is 5.75 Å². The number of carboxylic acid groups (broad SMARTS) is 1. The summed E-state index contributed by atoms with van der Waals surface area (Å²) in [5.74, 6) is -1.62. The molecule has 0 amide bonds. The highest BCUT2D eigenvalue weighted by Crippen LogP contribution is 2.34. The standard InChI is InChI=1S/C16H16F3NO6/c17-16(18,19)9-24-14(13(21)22)25-11-3-1-2-10(6-11)12-7-15(26-20-12)4-5-23-8-15/h1-3,6,14H,4-5,7-9H2,(H,21,22). The number of benzene rings is 1. The smallest absolute Gasteiger partial charge is 0.411 e. The maximum atomic E-state index is 12.2. The number of hydrogen-bond acceptors (Lipinski definition) is 6. The molecule has 2 aliphatic rings. The normalized spacial score (nSPS) is 23.6. The van der Waals surface area contributed by atoms with Crippen molar-refractivity contribution in [2.45, 2.75) is 30.9 Å². The van der Waals surface area contributed by atoms with Crippen LogP contribution in [0.1, 0.15) is 18.4 Å². The number of ether oxygens (including phenoxy) is 3. The molecule has 1 N–H and O–H groups in total. The molecule has 1 saturated heterocycles. The number of hydrogen-bond donors (Lipinski definition) is 1. The van der Waals surface area contributed by atoms with Crippen LogP contribution in [0.3, 0.4) is 0 Å². The van der Waals surface area contributed by atoms with Crippen molar-refractivity contribution in [3.8, 4) is 5.75 Å². The minimum atomic E-state index is -4.66.